The minimum absolute atomic E-state index is 0.0220. The highest BCUT2D eigenvalue weighted by atomic mass is 79.9. The number of pyridine rings is 1. The molecule has 0 aliphatic rings. The number of aryl methyl sites for hydroxylation is 2. The Kier molecular flexibility index (Phi) is 3.72. The van der Waals surface area contributed by atoms with E-state index in [2.05, 4.69) is 38.9 Å². The zero-order chi connectivity index (χ0) is 17.7. The zero-order valence-corrected chi connectivity index (χ0v) is 15.8. The van der Waals surface area contributed by atoms with Gasteiger partial charge in [-0.05, 0) is 43.2 Å². The normalized spacial score (nSPS) is 12.8. The van der Waals surface area contributed by atoms with Gasteiger partial charge in [-0.1, -0.05) is 22.0 Å². The number of nitrogens with zero attached hydrogens (tertiary/aromatic N) is 4. The number of halogens is 1. The van der Waals surface area contributed by atoms with Crippen molar-refractivity contribution in [2.45, 2.75) is 18.7 Å². The highest BCUT2D eigenvalue weighted by molar-refractivity contribution is 9.09. The van der Waals surface area contributed by atoms with E-state index in [0.29, 0.717) is 5.39 Å². The summed E-state index contributed by atoms with van der Waals surface area (Å²) in [5.41, 5.74) is 5.43. The van der Waals surface area contributed by atoms with Crippen LogP contribution in [0, 0.1) is 6.92 Å². The quantitative estimate of drug-likeness (QED) is 0.481. The first kappa shape index (κ1) is 16.0. The smallest absolute Gasteiger partial charge is 0.261 e. The summed E-state index contributed by atoms with van der Waals surface area (Å²) in [6.45, 7) is 4.08. The van der Waals surface area contributed by atoms with Gasteiger partial charge >= 0.3 is 0 Å². The molecule has 25 heavy (non-hydrogen) atoms. The van der Waals surface area contributed by atoms with Crippen molar-refractivity contribution in [3.8, 4) is 11.3 Å². The van der Waals surface area contributed by atoms with Gasteiger partial charge in [0.05, 0.1) is 10.9 Å². The van der Waals surface area contributed by atoms with Crippen LogP contribution in [0.4, 0.5) is 0 Å². The Morgan fingerprint density at radius 1 is 1.28 bits per heavy atom. The summed E-state index contributed by atoms with van der Waals surface area (Å²) in [4.78, 5) is 21.9. The second-order valence-corrected chi connectivity index (χ2v) is 7.63. The molecule has 0 aliphatic carbocycles. The molecule has 5 nitrogen and oxygen atoms in total. The van der Waals surface area contributed by atoms with Gasteiger partial charge in [0.15, 0.2) is 0 Å². The fraction of sp³-hybridized carbons (Fsp3) is 0.211. The number of alkyl halides is 1. The van der Waals surface area contributed by atoms with Crippen molar-refractivity contribution in [2.75, 3.05) is 0 Å². The van der Waals surface area contributed by atoms with Crippen molar-refractivity contribution in [1.82, 2.24) is 18.9 Å². The summed E-state index contributed by atoms with van der Waals surface area (Å²) in [5.74, 6) is 0. The van der Waals surface area contributed by atoms with Gasteiger partial charge in [0, 0.05) is 29.8 Å². The van der Waals surface area contributed by atoms with Crippen LogP contribution >= 0.6 is 15.9 Å². The molecule has 126 valence electrons. The number of hydrogen-bond donors (Lipinski definition) is 0. The lowest BCUT2D eigenvalue weighted by atomic mass is 10.0. The van der Waals surface area contributed by atoms with Gasteiger partial charge < -0.3 is 0 Å². The summed E-state index contributed by atoms with van der Waals surface area (Å²) in [6, 6.07) is 7.88. The summed E-state index contributed by atoms with van der Waals surface area (Å²) < 4.78 is 3.67. The number of fused-ring (bicyclic) bond motifs is 3. The first-order valence-corrected chi connectivity index (χ1v) is 8.95. The molecule has 0 N–H and O–H groups in total. The lowest BCUT2D eigenvalue weighted by Crippen LogP contribution is -2.20. The van der Waals surface area contributed by atoms with Gasteiger partial charge in [-0.25, -0.2) is 4.98 Å². The first-order valence-electron chi connectivity index (χ1n) is 8.04. The van der Waals surface area contributed by atoms with Crippen molar-refractivity contribution in [2.24, 2.45) is 7.05 Å². The molecule has 3 aromatic heterocycles. The standard InChI is InChI=1S/C19H17BrN4O/c1-11-7-14(12(2)20)17-15(8-11)19(25)23(3)18-16(22-10-24(17)18)13-5-4-6-21-9-13/h4-10,12H,1-3H3. The molecule has 0 aliphatic heterocycles. The number of rotatable bonds is 2. The molecule has 3 heterocycles. The number of benzene rings is 1. The van der Waals surface area contributed by atoms with Gasteiger partial charge in [0.1, 0.15) is 17.7 Å². The summed E-state index contributed by atoms with van der Waals surface area (Å²) in [7, 11) is 1.79. The van der Waals surface area contributed by atoms with E-state index < -0.39 is 0 Å². The van der Waals surface area contributed by atoms with E-state index in [4.69, 9.17) is 0 Å². The minimum Gasteiger partial charge on any atom is -0.295 e. The Labute approximate surface area is 153 Å². The number of hydrogen-bond acceptors (Lipinski definition) is 3. The molecule has 1 unspecified atom stereocenters. The molecule has 0 bridgehead atoms. The fourth-order valence-corrected chi connectivity index (χ4v) is 3.70. The van der Waals surface area contributed by atoms with E-state index >= 15 is 0 Å². The monoisotopic (exact) mass is 396 g/mol. The molecular formula is C19H17BrN4O. The van der Waals surface area contributed by atoms with E-state index in [9.17, 15) is 4.79 Å². The maximum Gasteiger partial charge on any atom is 0.261 e. The first-order chi connectivity index (χ1) is 12.0. The summed E-state index contributed by atoms with van der Waals surface area (Å²) >= 11 is 3.67. The summed E-state index contributed by atoms with van der Waals surface area (Å²) in [6.07, 6.45) is 5.28. The Morgan fingerprint density at radius 3 is 2.76 bits per heavy atom. The van der Waals surface area contributed by atoms with E-state index in [1.54, 1.807) is 30.3 Å². The maximum atomic E-state index is 13.0. The molecular weight excluding hydrogens is 380 g/mol. The van der Waals surface area contributed by atoms with Crippen molar-refractivity contribution in [3.05, 3.63) is 64.5 Å². The van der Waals surface area contributed by atoms with Gasteiger partial charge in [-0.2, -0.15) is 0 Å². The second kappa shape index (κ2) is 5.81. The topological polar surface area (TPSA) is 52.2 Å². The largest absolute Gasteiger partial charge is 0.295 e. The van der Waals surface area contributed by atoms with Crippen LogP contribution in [0.1, 0.15) is 22.9 Å². The average molecular weight is 397 g/mol. The van der Waals surface area contributed by atoms with Crippen LogP contribution in [-0.4, -0.2) is 18.9 Å². The Morgan fingerprint density at radius 2 is 2.08 bits per heavy atom. The number of imidazole rings is 1. The Hall–Kier alpha value is -2.47. The molecule has 4 aromatic rings. The second-order valence-electron chi connectivity index (χ2n) is 6.26. The SMILES string of the molecule is Cc1cc(C(C)Br)c2c(c1)c(=O)n(C)c1c(-c3cccnc3)ncn21. The third-order valence-corrected chi connectivity index (χ3v) is 4.98. The Balaban J connectivity index is 2.23. The fourth-order valence-electron chi connectivity index (χ4n) is 3.35. The lowest BCUT2D eigenvalue weighted by molar-refractivity contribution is 0.879. The van der Waals surface area contributed by atoms with Crippen molar-refractivity contribution in [3.63, 3.8) is 0 Å². The molecule has 1 atom stereocenters. The highest BCUT2D eigenvalue weighted by Gasteiger charge is 2.19. The molecule has 1 aromatic carbocycles. The van der Waals surface area contributed by atoms with Gasteiger partial charge in [-0.3, -0.25) is 18.7 Å². The van der Waals surface area contributed by atoms with E-state index in [1.165, 1.54) is 0 Å². The van der Waals surface area contributed by atoms with Crippen LogP contribution in [0.15, 0.2) is 47.8 Å². The Bertz CT molecular complexity index is 1160. The van der Waals surface area contributed by atoms with Crippen LogP contribution < -0.4 is 5.56 Å². The molecule has 0 fully saturated rings. The van der Waals surface area contributed by atoms with Crippen LogP contribution in [0.25, 0.3) is 27.8 Å². The van der Waals surface area contributed by atoms with Crippen LogP contribution in [-0.2, 0) is 7.05 Å². The summed E-state index contributed by atoms with van der Waals surface area (Å²) in [5, 5.41) is 0.700. The third kappa shape index (κ3) is 2.40. The molecule has 0 spiro atoms. The molecule has 0 saturated carbocycles. The predicted molar refractivity (Wildman–Crippen MR) is 103 cm³/mol. The van der Waals surface area contributed by atoms with Gasteiger partial charge in [-0.15, -0.1) is 0 Å². The van der Waals surface area contributed by atoms with E-state index in [-0.39, 0.29) is 10.4 Å². The zero-order valence-electron chi connectivity index (χ0n) is 14.2. The van der Waals surface area contributed by atoms with Crippen molar-refractivity contribution >= 4 is 32.5 Å². The van der Waals surface area contributed by atoms with E-state index in [0.717, 1.165) is 33.5 Å². The van der Waals surface area contributed by atoms with Crippen molar-refractivity contribution in [1.29, 1.82) is 0 Å². The molecule has 0 radical (unpaired) electrons. The lowest BCUT2D eigenvalue weighted by Gasteiger charge is -2.14. The number of aromatic nitrogens is 4. The van der Waals surface area contributed by atoms with Crippen LogP contribution in [0.5, 0.6) is 0 Å². The minimum atomic E-state index is -0.0220. The van der Waals surface area contributed by atoms with E-state index in [1.807, 2.05) is 29.5 Å². The third-order valence-electron chi connectivity index (χ3n) is 4.48. The maximum absolute atomic E-state index is 13.0. The molecule has 6 heteroatoms. The average Bonchev–Trinajstić information content (AvgIpc) is 3.04. The van der Waals surface area contributed by atoms with Gasteiger partial charge in [0.2, 0.25) is 0 Å². The van der Waals surface area contributed by atoms with Crippen LogP contribution in [0.2, 0.25) is 0 Å². The molecule has 0 amide bonds. The predicted octanol–water partition coefficient (Wildman–Crippen LogP) is 4.01. The molecule has 0 saturated heterocycles. The molecule has 4 rings (SSSR count). The van der Waals surface area contributed by atoms with Crippen molar-refractivity contribution < 1.29 is 0 Å². The highest BCUT2D eigenvalue weighted by Crippen LogP contribution is 2.32. The van der Waals surface area contributed by atoms with Crippen LogP contribution in [0.3, 0.4) is 0 Å². The van der Waals surface area contributed by atoms with Gasteiger partial charge in [0.25, 0.3) is 5.56 Å².